The van der Waals surface area contributed by atoms with Gasteiger partial charge in [-0.05, 0) is 18.6 Å². The fourth-order valence-corrected chi connectivity index (χ4v) is 1.49. The Bertz CT molecular complexity index is 480. The number of rotatable bonds is 3. The van der Waals surface area contributed by atoms with Crippen LogP contribution in [0.4, 0.5) is 0 Å². The fourth-order valence-electron chi connectivity index (χ4n) is 1.49. The summed E-state index contributed by atoms with van der Waals surface area (Å²) in [6.45, 7) is 2.95. The number of aryl methyl sites for hydroxylation is 1. The van der Waals surface area contributed by atoms with Crippen molar-refractivity contribution in [3.63, 3.8) is 0 Å². The summed E-state index contributed by atoms with van der Waals surface area (Å²) in [5.41, 5.74) is 1.91. The lowest BCUT2D eigenvalue weighted by Crippen LogP contribution is -2.26. The highest BCUT2D eigenvalue weighted by Crippen LogP contribution is 2.08. The van der Waals surface area contributed by atoms with Crippen LogP contribution in [0.15, 0.2) is 28.4 Å². The molecule has 0 fully saturated rings. The zero-order valence-electron chi connectivity index (χ0n) is 9.28. The second-order valence-electron chi connectivity index (χ2n) is 3.64. The van der Waals surface area contributed by atoms with E-state index in [1.54, 1.807) is 17.3 Å². The molecule has 17 heavy (non-hydrogen) atoms. The van der Waals surface area contributed by atoms with Gasteiger partial charge < -0.3 is 4.90 Å². The molecule has 7 nitrogen and oxygen atoms in total. The number of hydrazone groups is 1. The molecule has 7 heteroatoms. The zero-order valence-corrected chi connectivity index (χ0v) is 9.28. The van der Waals surface area contributed by atoms with E-state index in [9.17, 15) is 10.1 Å². The van der Waals surface area contributed by atoms with E-state index in [1.165, 1.54) is 0 Å². The van der Waals surface area contributed by atoms with Crippen LogP contribution in [0.3, 0.4) is 0 Å². The van der Waals surface area contributed by atoms with Crippen LogP contribution in [-0.4, -0.2) is 33.6 Å². The van der Waals surface area contributed by atoms with Crippen LogP contribution >= 0.6 is 0 Å². The highest BCUT2D eigenvalue weighted by atomic mass is 16.7. The molecule has 2 rings (SSSR count). The van der Waals surface area contributed by atoms with Gasteiger partial charge in [0, 0.05) is 24.7 Å². The smallest absolute Gasteiger partial charge is 0.297 e. The Kier molecular flexibility index (Phi) is 3.08. The molecule has 1 aliphatic rings. The van der Waals surface area contributed by atoms with E-state index in [0.29, 0.717) is 13.1 Å². The van der Waals surface area contributed by atoms with E-state index < -0.39 is 5.03 Å². The molecule has 1 aromatic rings. The highest BCUT2D eigenvalue weighted by molar-refractivity contribution is 5.93. The Morgan fingerprint density at radius 2 is 2.41 bits per heavy atom. The summed E-state index contributed by atoms with van der Waals surface area (Å²) in [6.07, 6.45) is 3.35. The van der Waals surface area contributed by atoms with E-state index in [4.69, 9.17) is 0 Å². The van der Waals surface area contributed by atoms with Crippen molar-refractivity contribution in [2.75, 3.05) is 6.54 Å². The first kappa shape index (κ1) is 11.2. The van der Waals surface area contributed by atoms with E-state index in [2.05, 4.69) is 15.1 Å². The van der Waals surface area contributed by atoms with E-state index >= 15 is 0 Å². The maximum Gasteiger partial charge on any atom is 0.297 e. The topological polar surface area (TPSA) is 84.0 Å². The molecule has 0 unspecified atom stereocenters. The number of aromatic nitrogens is 1. The van der Waals surface area contributed by atoms with Gasteiger partial charge in [0.25, 0.3) is 5.96 Å². The summed E-state index contributed by atoms with van der Waals surface area (Å²) in [5.74, 6) is 0.135. The number of hydrogen-bond acceptors (Lipinski definition) is 3. The monoisotopic (exact) mass is 233 g/mol. The summed E-state index contributed by atoms with van der Waals surface area (Å²) < 4.78 is 0. The van der Waals surface area contributed by atoms with Crippen molar-refractivity contribution in [1.82, 2.24) is 9.88 Å². The van der Waals surface area contributed by atoms with Crippen molar-refractivity contribution in [3.8, 4) is 0 Å². The fraction of sp³-hybridized carbons (Fsp3) is 0.300. The van der Waals surface area contributed by atoms with E-state index in [0.717, 1.165) is 11.3 Å². The molecule has 0 amide bonds. The molecule has 0 bridgehead atoms. The average Bonchev–Trinajstić information content (AvgIpc) is 2.68. The molecule has 0 spiro atoms. The van der Waals surface area contributed by atoms with Crippen LogP contribution in [-0.2, 0) is 6.54 Å². The lowest BCUT2D eigenvalue weighted by atomic mass is 10.2. The van der Waals surface area contributed by atoms with Crippen molar-refractivity contribution >= 4 is 12.2 Å². The Morgan fingerprint density at radius 1 is 1.59 bits per heavy atom. The van der Waals surface area contributed by atoms with E-state index in [-0.39, 0.29) is 5.96 Å². The lowest BCUT2D eigenvalue weighted by molar-refractivity contribution is -0.485. The van der Waals surface area contributed by atoms with Gasteiger partial charge in [0.2, 0.25) is 0 Å². The van der Waals surface area contributed by atoms with Crippen molar-refractivity contribution in [3.05, 3.63) is 39.7 Å². The molecule has 0 aromatic carbocycles. The van der Waals surface area contributed by atoms with Gasteiger partial charge in [-0.1, -0.05) is 6.07 Å². The molecule has 0 atom stereocenters. The van der Waals surface area contributed by atoms with Crippen molar-refractivity contribution < 1.29 is 5.03 Å². The van der Waals surface area contributed by atoms with Crippen LogP contribution in [0.2, 0.25) is 0 Å². The molecule has 1 aliphatic heterocycles. The van der Waals surface area contributed by atoms with Gasteiger partial charge in [-0.15, -0.1) is 0 Å². The highest BCUT2D eigenvalue weighted by Gasteiger charge is 2.18. The van der Waals surface area contributed by atoms with Crippen LogP contribution < -0.4 is 0 Å². The Hall–Kier alpha value is -2.31. The molecule has 88 valence electrons. The first-order chi connectivity index (χ1) is 8.15. The van der Waals surface area contributed by atoms with Crippen LogP contribution in [0.1, 0.15) is 11.3 Å². The van der Waals surface area contributed by atoms with Gasteiger partial charge in [0.05, 0.1) is 6.54 Å². The normalized spacial score (nSPS) is 16.8. The van der Waals surface area contributed by atoms with Gasteiger partial charge in [-0.25, -0.2) is 15.1 Å². The summed E-state index contributed by atoms with van der Waals surface area (Å²) in [6, 6.07) is 3.83. The van der Waals surface area contributed by atoms with Gasteiger partial charge in [-0.2, -0.15) is 0 Å². The quantitative estimate of drug-likeness (QED) is 0.571. The minimum atomic E-state index is -0.738. The zero-order chi connectivity index (χ0) is 12.3. The number of pyridine rings is 1. The van der Waals surface area contributed by atoms with Gasteiger partial charge >= 0.3 is 0 Å². The molecular formula is C10H11N5O2. The molecule has 0 saturated carbocycles. The maximum atomic E-state index is 10.3. The third-order valence-electron chi connectivity index (χ3n) is 2.31. The molecule has 0 radical (unpaired) electrons. The lowest BCUT2D eigenvalue weighted by Gasteiger charge is -2.14. The number of nitro groups is 1. The largest absolute Gasteiger partial charge is 0.326 e. The molecule has 0 N–H and O–H groups in total. The van der Waals surface area contributed by atoms with Gasteiger partial charge in [0.1, 0.15) is 5.10 Å². The summed E-state index contributed by atoms with van der Waals surface area (Å²) in [7, 11) is 0. The first-order valence-electron chi connectivity index (χ1n) is 5.07. The first-order valence-corrected chi connectivity index (χ1v) is 5.07. The summed E-state index contributed by atoms with van der Waals surface area (Å²) in [4.78, 5) is 20.0. The Labute approximate surface area is 97.6 Å². The molecule has 0 saturated heterocycles. The van der Waals surface area contributed by atoms with Crippen LogP contribution in [0.25, 0.3) is 0 Å². The summed E-state index contributed by atoms with van der Waals surface area (Å²) in [5, 5.41) is 12.8. The molecule has 2 heterocycles. The van der Waals surface area contributed by atoms with E-state index in [1.807, 2.05) is 19.1 Å². The van der Waals surface area contributed by atoms with Crippen molar-refractivity contribution in [1.29, 1.82) is 0 Å². The standard InChI is InChI=1S/C10H11N5O2/c1-8-2-3-9(6-12-8)7-14-5-4-11-10(14)13-15(16)17/h2-4,6H,5,7H2,1H3. The summed E-state index contributed by atoms with van der Waals surface area (Å²) >= 11 is 0. The second kappa shape index (κ2) is 4.69. The van der Waals surface area contributed by atoms with Crippen LogP contribution in [0, 0.1) is 17.0 Å². The predicted molar refractivity (Wildman–Crippen MR) is 62.3 cm³/mol. The third-order valence-corrected chi connectivity index (χ3v) is 2.31. The molecule has 0 aliphatic carbocycles. The Morgan fingerprint density at radius 3 is 3.06 bits per heavy atom. The minimum Gasteiger partial charge on any atom is -0.326 e. The SMILES string of the molecule is Cc1ccc(CN2CC=NC2=N[N+](=O)[O-])cn1. The molecule has 1 aromatic heterocycles. The molecular weight excluding hydrogens is 222 g/mol. The van der Waals surface area contributed by atoms with Crippen molar-refractivity contribution in [2.24, 2.45) is 10.1 Å². The predicted octanol–water partition coefficient (Wildman–Crippen LogP) is 0.824. The maximum absolute atomic E-state index is 10.3. The number of aliphatic imine (C=N–C) groups is 1. The average molecular weight is 233 g/mol. The van der Waals surface area contributed by atoms with Gasteiger partial charge in [0.15, 0.2) is 5.03 Å². The minimum absolute atomic E-state index is 0.135. The van der Waals surface area contributed by atoms with Crippen molar-refractivity contribution in [2.45, 2.75) is 13.5 Å². The number of hydrogen-bond donors (Lipinski definition) is 0. The van der Waals surface area contributed by atoms with Crippen LogP contribution in [0.5, 0.6) is 0 Å². The van der Waals surface area contributed by atoms with Gasteiger partial charge in [-0.3, -0.25) is 4.98 Å². The third kappa shape index (κ3) is 2.83. The number of guanidine groups is 1. The number of nitrogens with zero attached hydrogens (tertiary/aromatic N) is 5. The second-order valence-corrected chi connectivity index (χ2v) is 3.64. The Balaban J connectivity index is 2.09.